The predicted molar refractivity (Wildman–Crippen MR) is 117 cm³/mol. The summed E-state index contributed by atoms with van der Waals surface area (Å²) in [5, 5.41) is 6.15. The van der Waals surface area contributed by atoms with Crippen LogP contribution in [0.25, 0.3) is 27.8 Å². The standard InChI is InChI=1S/C24H30N4/c1-8-9-17(5)27-11-10-20-18(6)25-23-22(19(7)26-28(23)24(20)27)21-15(3)12-14(2)13-16(21)4/h10-13,17H,8-9H2,1-7H3. The normalized spacial score (nSPS) is 13.0. The van der Waals surface area contributed by atoms with Crippen molar-refractivity contribution in [2.45, 2.75) is 67.3 Å². The highest BCUT2D eigenvalue weighted by atomic mass is 15.3. The van der Waals surface area contributed by atoms with Crippen LogP contribution >= 0.6 is 0 Å². The molecule has 28 heavy (non-hydrogen) atoms. The first kappa shape index (κ1) is 18.7. The van der Waals surface area contributed by atoms with Gasteiger partial charge in [0.1, 0.15) is 5.65 Å². The lowest BCUT2D eigenvalue weighted by atomic mass is 9.94. The van der Waals surface area contributed by atoms with Crippen LogP contribution in [0.1, 0.15) is 60.8 Å². The maximum absolute atomic E-state index is 5.01. The second-order valence-corrected chi connectivity index (χ2v) is 8.26. The van der Waals surface area contributed by atoms with E-state index in [1.54, 1.807) is 0 Å². The molecule has 1 aromatic carbocycles. The van der Waals surface area contributed by atoms with E-state index < -0.39 is 0 Å². The Balaban J connectivity index is 2.09. The number of hydrogen-bond acceptors (Lipinski definition) is 2. The van der Waals surface area contributed by atoms with Crippen LogP contribution in [0, 0.1) is 34.6 Å². The van der Waals surface area contributed by atoms with E-state index in [1.165, 1.54) is 34.1 Å². The van der Waals surface area contributed by atoms with Crippen molar-refractivity contribution in [2.75, 3.05) is 0 Å². The van der Waals surface area contributed by atoms with Gasteiger partial charge in [0.05, 0.1) is 17.0 Å². The van der Waals surface area contributed by atoms with Crippen LogP contribution in [-0.4, -0.2) is 19.2 Å². The van der Waals surface area contributed by atoms with Gasteiger partial charge in [0.2, 0.25) is 0 Å². The fraction of sp³-hybridized carbons (Fsp3) is 0.417. The number of nitrogens with zero attached hydrogens (tertiary/aromatic N) is 4. The maximum atomic E-state index is 5.01. The van der Waals surface area contributed by atoms with Crippen molar-refractivity contribution in [2.24, 2.45) is 0 Å². The molecule has 0 aliphatic rings. The minimum atomic E-state index is 0.434. The molecule has 0 fully saturated rings. The van der Waals surface area contributed by atoms with E-state index in [1.807, 2.05) is 0 Å². The molecule has 0 spiro atoms. The third kappa shape index (κ3) is 2.74. The van der Waals surface area contributed by atoms with E-state index in [4.69, 9.17) is 10.1 Å². The highest BCUT2D eigenvalue weighted by molar-refractivity contribution is 5.89. The summed E-state index contributed by atoms with van der Waals surface area (Å²) in [6.45, 7) is 15.3. The lowest BCUT2D eigenvalue weighted by Crippen LogP contribution is -2.07. The molecule has 4 nitrogen and oxygen atoms in total. The first-order chi connectivity index (χ1) is 13.3. The minimum Gasteiger partial charge on any atom is -0.330 e. The van der Waals surface area contributed by atoms with Gasteiger partial charge in [-0.3, -0.25) is 0 Å². The molecule has 0 bridgehead atoms. The zero-order chi connectivity index (χ0) is 20.2. The Morgan fingerprint density at radius 3 is 2.29 bits per heavy atom. The molecule has 4 aromatic rings. The highest BCUT2D eigenvalue weighted by Gasteiger charge is 2.21. The van der Waals surface area contributed by atoms with Gasteiger partial charge in [-0.05, 0) is 70.7 Å². The third-order valence-corrected chi connectivity index (χ3v) is 5.90. The van der Waals surface area contributed by atoms with Gasteiger partial charge in [0, 0.05) is 17.6 Å². The topological polar surface area (TPSA) is 35.1 Å². The van der Waals surface area contributed by atoms with Crippen molar-refractivity contribution >= 4 is 16.7 Å². The Hall–Kier alpha value is -2.62. The summed E-state index contributed by atoms with van der Waals surface area (Å²) >= 11 is 0. The Labute approximate surface area is 167 Å². The first-order valence-corrected chi connectivity index (χ1v) is 10.3. The second-order valence-electron chi connectivity index (χ2n) is 8.26. The fourth-order valence-corrected chi connectivity index (χ4v) is 4.71. The maximum Gasteiger partial charge on any atom is 0.165 e. The van der Waals surface area contributed by atoms with E-state index in [-0.39, 0.29) is 0 Å². The molecule has 3 aromatic heterocycles. The molecule has 4 rings (SSSR count). The van der Waals surface area contributed by atoms with E-state index in [2.05, 4.69) is 81.9 Å². The summed E-state index contributed by atoms with van der Waals surface area (Å²) in [4.78, 5) is 5.01. The van der Waals surface area contributed by atoms with Gasteiger partial charge in [-0.1, -0.05) is 31.0 Å². The molecule has 0 N–H and O–H groups in total. The van der Waals surface area contributed by atoms with Crippen molar-refractivity contribution in [1.82, 2.24) is 19.2 Å². The predicted octanol–water partition coefficient (Wildman–Crippen LogP) is 6.25. The monoisotopic (exact) mass is 374 g/mol. The quantitative estimate of drug-likeness (QED) is 0.423. The van der Waals surface area contributed by atoms with Crippen LogP contribution in [0.15, 0.2) is 24.4 Å². The van der Waals surface area contributed by atoms with Crippen LogP contribution in [0.4, 0.5) is 0 Å². The third-order valence-electron chi connectivity index (χ3n) is 5.90. The number of hydrogen-bond donors (Lipinski definition) is 0. The molecule has 0 amide bonds. The average molecular weight is 375 g/mol. The number of benzene rings is 1. The summed E-state index contributed by atoms with van der Waals surface area (Å²) in [7, 11) is 0. The Kier molecular flexibility index (Phi) is 4.53. The smallest absolute Gasteiger partial charge is 0.165 e. The summed E-state index contributed by atoms with van der Waals surface area (Å²) in [5.74, 6) is 0. The SMILES string of the molecule is CCCC(C)n1ccc2c(C)nc3c(-c4c(C)cc(C)cc4C)c(C)nn3c21. The number of fused-ring (bicyclic) bond motifs is 3. The van der Waals surface area contributed by atoms with E-state index in [0.717, 1.165) is 34.7 Å². The van der Waals surface area contributed by atoms with Crippen LogP contribution in [0.3, 0.4) is 0 Å². The lowest BCUT2D eigenvalue weighted by molar-refractivity contribution is 0.509. The molecule has 1 atom stereocenters. The Morgan fingerprint density at radius 2 is 1.64 bits per heavy atom. The van der Waals surface area contributed by atoms with Crippen molar-refractivity contribution < 1.29 is 0 Å². The molecule has 0 aliphatic heterocycles. The molecule has 146 valence electrons. The van der Waals surface area contributed by atoms with Gasteiger partial charge < -0.3 is 4.57 Å². The molecular weight excluding hydrogens is 344 g/mol. The van der Waals surface area contributed by atoms with Crippen LogP contribution in [0.2, 0.25) is 0 Å². The van der Waals surface area contributed by atoms with E-state index in [9.17, 15) is 0 Å². The molecule has 3 heterocycles. The van der Waals surface area contributed by atoms with Crippen molar-refractivity contribution in [3.8, 4) is 11.1 Å². The molecule has 0 saturated heterocycles. The van der Waals surface area contributed by atoms with Crippen molar-refractivity contribution in [1.29, 1.82) is 0 Å². The van der Waals surface area contributed by atoms with Crippen LogP contribution in [-0.2, 0) is 0 Å². The summed E-state index contributed by atoms with van der Waals surface area (Å²) in [5.41, 5.74) is 10.5. The van der Waals surface area contributed by atoms with E-state index >= 15 is 0 Å². The van der Waals surface area contributed by atoms with Crippen LogP contribution < -0.4 is 0 Å². The van der Waals surface area contributed by atoms with Gasteiger partial charge in [-0.15, -0.1) is 0 Å². The van der Waals surface area contributed by atoms with Gasteiger partial charge in [0.25, 0.3) is 0 Å². The molecule has 0 saturated carbocycles. The zero-order valence-corrected chi connectivity index (χ0v) is 18.1. The van der Waals surface area contributed by atoms with Gasteiger partial charge in [0.15, 0.2) is 5.65 Å². The molecule has 0 aliphatic carbocycles. The van der Waals surface area contributed by atoms with Crippen molar-refractivity contribution in [3.63, 3.8) is 0 Å². The zero-order valence-electron chi connectivity index (χ0n) is 18.1. The summed E-state index contributed by atoms with van der Waals surface area (Å²) in [6.07, 6.45) is 4.51. The fourth-order valence-electron chi connectivity index (χ4n) is 4.71. The number of rotatable bonds is 4. The van der Waals surface area contributed by atoms with Gasteiger partial charge >= 0.3 is 0 Å². The van der Waals surface area contributed by atoms with Gasteiger partial charge in [-0.25, -0.2) is 4.98 Å². The number of aryl methyl sites for hydroxylation is 5. The minimum absolute atomic E-state index is 0.434. The van der Waals surface area contributed by atoms with Crippen LogP contribution in [0.5, 0.6) is 0 Å². The largest absolute Gasteiger partial charge is 0.330 e. The molecule has 1 unspecified atom stereocenters. The second kappa shape index (κ2) is 6.77. The Bertz CT molecular complexity index is 1170. The Morgan fingerprint density at radius 1 is 0.964 bits per heavy atom. The molecule has 0 radical (unpaired) electrons. The van der Waals surface area contributed by atoms with Gasteiger partial charge in [-0.2, -0.15) is 9.61 Å². The molecule has 4 heteroatoms. The van der Waals surface area contributed by atoms with E-state index in [0.29, 0.717) is 6.04 Å². The summed E-state index contributed by atoms with van der Waals surface area (Å²) in [6, 6.07) is 7.12. The lowest BCUT2D eigenvalue weighted by Gasteiger charge is -2.15. The number of aromatic nitrogens is 4. The van der Waals surface area contributed by atoms with Crippen molar-refractivity contribution in [3.05, 3.63) is 52.5 Å². The average Bonchev–Trinajstić information content (AvgIpc) is 3.18. The highest BCUT2D eigenvalue weighted by Crippen LogP contribution is 2.35. The summed E-state index contributed by atoms with van der Waals surface area (Å²) < 4.78 is 4.43. The first-order valence-electron chi connectivity index (χ1n) is 10.3. The molecular formula is C24H30N4.